The summed E-state index contributed by atoms with van der Waals surface area (Å²) in [5, 5.41) is 0. The highest BCUT2D eigenvalue weighted by atomic mass is 79.9. The molecule has 0 spiro atoms. The van der Waals surface area contributed by atoms with Crippen molar-refractivity contribution >= 4 is 23.9 Å². The van der Waals surface area contributed by atoms with Crippen LogP contribution in [0.25, 0.3) is 0 Å². The molecule has 2 heteroatoms. The van der Waals surface area contributed by atoms with Gasteiger partial charge in [-0.15, -0.1) is 7.92 Å². The summed E-state index contributed by atoms with van der Waals surface area (Å²) in [5.41, 5.74) is 0. The van der Waals surface area contributed by atoms with Gasteiger partial charge in [0.15, 0.2) is 0 Å². The van der Waals surface area contributed by atoms with Crippen molar-refractivity contribution in [1.29, 1.82) is 0 Å². The molecule has 0 amide bonds. The fourth-order valence-corrected chi connectivity index (χ4v) is 6.37. The molecule has 0 saturated heterocycles. The van der Waals surface area contributed by atoms with Crippen LogP contribution in [0, 0.1) is 0 Å². The largest absolute Gasteiger partial charge is 0.107 e. The lowest BCUT2D eigenvalue weighted by atomic mass is 10.1. The van der Waals surface area contributed by atoms with Crippen LogP contribution in [0.2, 0.25) is 0 Å². The molecule has 0 N–H and O–H groups in total. The van der Waals surface area contributed by atoms with Gasteiger partial charge in [0.25, 0.3) is 0 Å². The van der Waals surface area contributed by atoms with Crippen LogP contribution in [0.15, 0.2) is 0 Å². The Kier molecular flexibility index (Phi) is 32.5. The van der Waals surface area contributed by atoms with Crippen LogP contribution in [0.3, 0.4) is 0 Å². The summed E-state index contributed by atoms with van der Waals surface area (Å²) in [7, 11) is 0.366. The summed E-state index contributed by atoms with van der Waals surface area (Å²) in [5.74, 6) is 1.81. The smallest absolute Gasteiger partial charge is 0.00848 e. The summed E-state index contributed by atoms with van der Waals surface area (Å²) in [6, 6.07) is 0. The lowest BCUT2D eigenvalue weighted by Gasteiger charge is -2.18. The molecule has 0 aliphatic heterocycles. The zero-order valence-electron chi connectivity index (χ0n) is 19.7. The van der Waals surface area contributed by atoms with Crippen molar-refractivity contribution in [1.82, 2.24) is 0 Å². The second-order valence-electron chi connectivity index (χ2n) is 8.14. The summed E-state index contributed by atoms with van der Waals surface area (Å²) in [4.78, 5) is 0. The number of halogens is 1. The predicted molar refractivity (Wildman–Crippen MR) is 136 cm³/mol. The Bertz CT molecular complexity index is 194. The molecular formula is C25H54BrP. The highest BCUT2D eigenvalue weighted by molar-refractivity contribution is 9.08. The van der Waals surface area contributed by atoms with Gasteiger partial charge in [0.1, 0.15) is 0 Å². The first-order chi connectivity index (χ1) is 13.3. The van der Waals surface area contributed by atoms with E-state index in [1.54, 1.807) is 18.5 Å². The van der Waals surface area contributed by atoms with Gasteiger partial charge >= 0.3 is 0 Å². The van der Waals surface area contributed by atoms with Crippen molar-refractivity contribution in [3.63, 3.8) is 0 Å². The molecule has 166 valence electrons. The summed E-state index contributed by atoms with van der Waals surface area (Å²) in [6.45, 7) is 6.96. The molecule has 0 aliphatic rings. The van der Waals surface area contributed by atoms with Gasteiger partial charge in [0.2, 0.25) is 0 Å². The minimum Gasteiger partial charge on any atom is -0.107 e. The molecule has 0 rings (SSSR count). The number of unbranched alkanes of at least 4 members (excludes halogenated alkanes) is 15. The molecule has 0 aromatic carbocycles. The van der Waals surface area contributed by atoms with Crippen molar-refractivity contribution in [2.75, 3.05) is 24.3 Å². The van der Waals surface area contributed by atoms with Crippen molar-refractivity contribution in [2.24, 2.45) is 0 Å². The van der Waals surface area contributed by atoms with Crippen LogP contribution in [0.5, 0.6) is 0 Å². The van der Waals surface area contributed by atoms with Crippen LogP contribution < -0.4 is 0 Å². The van der Waals surface area contributed by atoms with E-state index in [4.69, 9.17) is 0 Å². The van der Waals surface area contributed by atoms with Gasteiger partial charge in [0.05, 0.1) is 0 Å². The van der Waals surface area contributed by atoms with E-state index < -0.39 is 0 Å². The van der Waals surface area contributed by atoms with Gasteiger partial charge in [-0.2, -0.15) is 0 Å². The Morgan fingerprint density at radius 2 is 0.593 bits per heavy atom. The van der Waals surface area contributed by atoms with Crippen LogP contribution in [-0.4, -0.2) is 24.3 Å². The molecule has 0 saturated carbocycles. The third kappa shape index (κ3) is 26.9. The van der Waals surface area contributed by atoms with E-state index in [2.05, 4.69) is 36.7 Å². The van der Waals surface area contributed by atoms with Gasteiger partial charge in [-0.25, -0.2) is 0 Å². The number of hydrogen-bond donors (Lipinski definition) is 0. The molecule has 0 unspecified atom stereocenters. The fourth-order valence-electron chi connectivity index (χ4n) is 3.68. The van der Waals surface area contributed by atoms with Crippen LogP contribution in [0.1, 0.15) is 136 Å². The van der Waals surface area contributed by atoms with Crippen molar-refractivity contribution < 1.29 is 0 Å². The third-order valence-electron chi connectivity index (χ3n) is 5.48. The molecular weight excluding hydrogens is 411 g/mol. The minimum absolute atomic E-state index is 0.366. The van der Waals surface area contributed by atoms with Gasteiger partial charge < -0.3 is 0 Å². The average molecular weight is 466 g/mol. The van der Waals surface area contributed by atoms with Crippen LogP contribution in [0.4, 0.5) is 0 Å². The normalized spacial score (nSPS) is 10.9. The molecule has 0 aromatic heterocycles. The number of alkyl halides is 1. The highest BCUT2D eigenvalue weighted by Gasteiger charge is 2.07. The van der Waals surface area contributed by atoms with Crippen molar-refractivity contribution in [2.45, 2.75) is 136 Å². The Labute approximate surface area is 184 Å². The van der Waals surface area contributed by atoms with Gasteiger partial charge in [-0.05, 0) is 43.6 Å². The third-order valence-corrected chi connectivity index (χ3v) is 8.33. The highest BCUT2D eigenvalue weighted by Crippen LogP contribution is 2.39. The van der Waals surface area contributed by atoms with Gasteiger partial charge in [0, 0.05) is 0 Å². The Balaban J connectivity index is 0. The van der Waals surface area contributed by atoms with E-state index >= 15 is 0 Å². The molecule has 0 nitrogen and oxygen atoms in total. The summed E-state index contributed by atoms with van der Waals surface area (Å²) < 4.78 is 0. The van der Waals surface area contributed by atoms with Gasteiger partial charge in [-0.1, -0.05) is 133 Å². The first-order valence-electron chi connectivity index (χ1n) is 12.4. The predicted octanol–water partition coefficient (Wildman–Crippen LogP) is 10.6. The second kappa shape index (κ2) is 29.1. The van der Waals surface area contributed by atoms with Crippen LogP contribution in [-0.2, 0) is 0 Å². The summed E-state index contributed by atoms with van der Waals surface area (Å²) in [6.07, 6.45) is 31.2. The lowest BCUT2D eigenvalue weighted by molar-refractivity contribution is 0.617. The van der Waals surface area contributed by atoms with E-state index in [-0.39, 0.29) is 0 Å². The van der Waals surface area contributed by atoms with Crippen molar-refractivity contribution in [3.8, 4) is 0 Å². The SMILES string of the molecule is CBr.CCCCCCCCP(CCCCCCCC)CCCCCCCC. The molecule has 0 aliphatic carbocycles. The molecule has 0 heterocycles. The first-order valence-corrected chi connectivity index (χ1v) is 15.9. The van der Waals surface area contributed by atoms with E-state index in [0.29, 0.717) is 7.92 Å². The van der Waals surface area contributed by atoms with E-state index in [9.17, 15) is 0 Å². The second-order valence-corrected chi connectivity index (χ2v) is 10.8. The van der Waals surface area contributed by atoms with E-state index in [1.807, 2.05) is 5.83 Å². The molecule has 0 atom stereocenters. The molecule has 0 fully saturated rings. The minimum atomic E-state index is 0.366. The Morgan fingerprint density at radius 3 is 0.852 bits per heavy atom. The van der Waals surface area contributed by atoms with Crippen LogP contribution >= 0.6 is 23.9 Å². The quantitative estimate of drug-likeness (QED) is 0.0898. The maximum Gasteiger partial charge on any atom is -0.00848 e. The zero-order chi connectivity index (χ0) is 20.4. The standard InChI is InChI=1S/C24H51P.CH3Br/c1-4-7-10-13-16-19-22-25(23-20-17-14-11-8-5-2)24-21-18-15-12-9-6-3;1-2/h4-24H2,1-3H3;1H3. The zero-order valence-corrected chi connectivity index (χ0v) is 22.2. The first kappa shape index (κ1) is 30.1. The Morgan fingerprint density at radius 1 is 0.370 bits per heavy atom. The number of rotatable bonds is 21. The van der Waals surface area contributed by atoms with Gasteiger partial charge in [-0.3, -0.25) is 0 Å². The maximum atomic E-state index is 2.94. The Hall–Kier alpha value is 0.910. The number of hydrogen-bond acceptors (Lipinski definition) is 0. The monoisotopic (exact) mass is 464 g/mol. The molecule has 0 radical (unpaired) electrons. The topological polar surface area (TPSA) is 0 Å². The maximum absolute atomic E-state index is 2.94. The average Bonchev–Trinajstić information content (AvgIpc) is 2.70. The molecule has 27 heavy (non-hydrogen) atoms. The van der Waals surface area contributed by atoms with E-state index in [1.165, 1.54) is 116 Å². The lowest BCUT2D eigenvalue weighted by Crippen LogP contribution is -1.97. The van der Waals surface area contributed by atoms with Crippen molar-refractivity contribution in [3.05, 3.63) is 0 Å². The molecule has 0 aromatic rings. The molecule has 0 bridgehead atoms. The fraction of sp³-hybridized carbons (Fsp3) is 1.00. The summed E-state index contributed by atoms with van der Waals surface area (Å²) >= 11 is 2.94. The van der Waals surface area contributed by atoms with E-state index in [0.717, 1.165) is 0 Å².